The van der Waals surface area contributed by atoms with Crippen molar-refractivity contribution in [1.29, 1.82) is 0 Å². The number of rotatable bonds is 5. The van der Waals surface area contributed by atoms with Crippen molar-refractivity contribution >= 4 is 11.8 Å². The lowest BCUT2D eigenvalue weighted by atomic mass is 10.1. The van der Waals surface area contributed by atoms with Crippen LogP contribution < -0.4 is 15.6 Å². The molecule has 0 spiro atoms. The van der Waals surface area contributed by atoms with E-state index in [1.807, 2.05) is 24.3 Å². The fourth-order valence-electron chi connectivity index (χ4n) is 2.06. The van der Waals surface area contributed by atoms with Crippen LogP contribution in [0.5, 0.6) is 5.75 Å². The van der Waals surface area contributed by atoms with Gasteiger partial charge in [-0.2, -0.15) is 0 Å². The van der Waals surface area contributed by atoms with E-state index in [2.05, 4.69) is 17.8 Å². The van der Waals surface area contributed by atoms with Crippen molar-refractivity contribution in [2.24, 2.45) is 0 Å². The zero-order chi connectivity index (χ0) is 16.7. The summed E-state index contributed by atoms with van der Waals surface area (Å²) in [4.78, 5) is 23.8. The van der Waals surface area contributed by atoms with E-state index in [1.165, 1.54) is 0 Å². The number of hydrazine groups is 1. The van der Waals surface area contributed by atoms with E-state index in [1.54, 1.807) is 31.4 Å². The predicted octanol–water partition coefficient (Wildman–Crippen LogP) is 2.26. The summed E-state index contributed by atoms with van der Waals surface area (Å²) in [5, 5.41) is 0. The quantitative estimate of drug-likeness (QED) is 0.832. The van der Waals surface area contributed by atoms with E-state index in [0.29, 0.717) is 5.56 Å². The normalized spacial score (nSPS) is 10.0. The standard InChI is InChI=1S/C18H20N2O3/c1-3-13-4-8-15(9-5-13)18(22)20-19-17(21)12-14-6-10-16(23-2)11-7-14/h4-11H,3,12H2,1-2H3,(H,19,21)(H,20,22). The van der Waals surface area contributed by atoms with Gasteiger partial charge in [0.05, 0.1) is 13.5 Å². The molecule has 2 amide bonds. The summed E-state index contributed by atoms with van der Waals surface area (Å²) in [6.45, 7) is 2.05. The van der Waals surface area contributed by atoms with Gasteiger partial charge in [-0.25, -0.2) is 0 Å². The van der Waals surface area contributed by atoms with E-state index in [4.69, 9.17) is 4.74 Å². The maximum absolute atomic E-state index is 11.9. The van der Waals surface area contributed by atoms with Crippen LogP contribution in [0.15, 0.2) is 48.5 Å². The van der Waals surface area contributed by atoms with Crippen LogP contribution in [0.25, 0.3) is 0 Å². The maximum atomic E-state index is 11.9. The Balaban J connectivity index is 1.83. The molecule has 0 unspecified atom stereocenters. The van der Waals surface area contributed by atoms with Crippen molar-refractivity contribution in [2.75, 3.05) is 7.11 Å². The van der Waals surface area contributed by atoms with Crippen molar-refractivity contribution in [1.82, 2.24) is 10.9 Å². The Kier molecular flexibility index (Phi) is 5.74. The Hall–Kier alpha value is -2.82. The highest BCUT2D eigenvalue weighted by molar-refractivity contribution is 5.95. The summed E-state index contributed by atoms with van der Waals surface area (Å²) >= 11 is 0. The predicted molar refractivity (Wildman–Crippen MR) is 88.1 cm³/mol. The third kappa shape index (κ3) is 4.85. The molecule has 2 aromatic rings. The molecule has 2 rings (SSSR count). The molecule has 2 aromatic carbocycles. The van der Waals surface area contributed by atoms with Gasteiger partial charge in [-0.3, -0.25) is 20.4 Å². The molecule has 120 valence electrons. The number of hydrogen-bond donors (Lipinski definition) is 2. The number of aryl methyl sites for hydroxylation is 1. The molecule has 5 nitrogen and oxygen atoms in total. The highest BCUT2D eigenvalue weighted by atomic mass is 16.5. The molecule has 0 atom stereocenters. The second-order valence-electron chi connectivity index (χ2n) is 5.08. The van der Waals surface area contributed by atoms with Crippen LogP contribution in [0, 0.1) is 0 Å². The average Bonchev–Trinajstić information content (AvgIpc) is 2.60. The van der Waals surface area contributed by atoms with Gasteiger partial charge in [0.25, 0.3) is 5.91 Å². The van der Waals surface area contributed by atoms with Crippen LogP contribution in [-0.2, 0) is 17.6 Å². The fourth-order valence-corrected chi connectivity index (χ4v) is 2.06. The van der Waals surface area contributed by atoms with E-state index in [-0.39, 0.29) is 18.2 Å². The SMILES string of the molecule is CCc1ccc(C(=O)NNC(=O)Cc2ccc(OC)cc2)cc1. The number of carbonyl (C=O) groups excluding carboxylic acids is 2. The molecule has 0 heterocycles. The van der Waals surface area contributed by atoms with E-state index >= 15 is 0 Å². The largest absolute Gasteiger partial charge is 0.497 e. The number of methoxy groups -OCH3 is 1. The molecule has 0 saturated heterocycles. The highest BCUT2D eigenvalue weighted by Gasteiger charge is 2.08. The molecule has 0 aliphatic carbocycles. The van der Waals surface area contributed by atoms with Gasteiger partial charge in [0.1, 0.15) is 5.75 Å². The Bertz CT molecular complexity index is 664. The minimum absolute atomic E-state index is 0.180. The van der Waals surface area contributed by atoms with Crippen molar-refractivity contribution in [2.45, 2.75) is 19.8 Å². The first-order chi connectivity index (χ1) is 11.1. The van der Waals surface area contributed by atoms with E-state index in [0.717, 1.165) is 23.3 Å². The fraction of sp³-hybridized carbons (Fsp3) is 0.222. The van der Waals surface area contributed by atoms with Gasteiger partial charge in [-0.15, -0.1) is 0 Å². The second kappa shape index (κ2) is 7.98. The summed E-state index contributed by atoms with van der Waals surface area (Å²) in [7, 11) is 1.59. The molecule has 23 heavy (non-hydrogen) atoms. The van der Waals surface area contributed by atoms with Crippen LogP contribution in [-0.4, -0.2) is 18.9 Å². The number of amides is 2. The number of benzene rings is 2. The van der Waals surface area contributed by atoms with Crippen LogP contribution in [0.3, 0.4) is 0 Å². The van der Waals surface area contributed by atoms with Crippen LogP contribution >= 0.6 is 0 Å². The lowest BCUT2D eigenvalue weighted by Gasteiger charge is -2.08. The molecule has 0 fully saturated rings. The first kappa shape index (κ1) is 16.5. The number of hydrogen-bond acceptors (Lipinski definition) is 3. The number of carbonyl (C=O) groups is 2. The monoisotopic (exact) mass is 312 g/mol. The Morgan fingerprint density at radius 2 is 1.52 bits per heavy atom. The third-order valence-electron chi connectivity index (χ3n) is 3.46. The third-order valence-corrected chi connectivity index (χ3v) is 3.46. The molecule has 0 radical (unpaired) electrons. The number of ether oxygens (including phenoxy) is 1. The minimum atomic E-state index is -0.337. The first-order valence-corrected chi connectivity index (χ1v) is 7.43. The van der Waals surface area contributed by atoms with Gasteiger partial charge in [-0.1, -0.05) is 31.2 Å². The molecule has 0 aliphatic heterocycles. The summed E-state index contributed by atoms with van der Waals surface area (Å²) in [6.07, 6.45) is 1.10. The Morgan fingerprint density at radius 1 is 0.913 bits per heavy atom. The average molecular weight is 312 g/mol. The van der Waals surface area contributed by atoms with Crippen molar-refractivity contribution in [3.8, 4) is 5.75 Å². The Morgan fingerprint density at radius 3 is 2.09 bits per heavy atom. The molecule has 5 heteroatoms. The molecule has 0 bridgehead atoms. The number of nitrogens with one attached hydrogen (secondary N) is 2. The van der Waals surface area contributed by atoms with Gasteiger partial charge in [0.2, 0.25) is 5.91 Å². The maximum Gasteiger partial charge on any atom is 0.269 e. The van der Waals surface area contributed by atoms with Gasteiger partial charge in [0.15, 0.2) is 0 Å². The summed E-state index contributed by atoms with van der Waals surface area (Å²) in [6, 6.07) is 14.5. The molecule has 0 aromatic heterocycles. The highest BCUT2D eigenvalue weighted by Crippen LogP contribution is 2.11. The molecule has 0 saturated carbocycles. The van der Waals surface area contributed by atoms with E-state index < -0.39 is 0 Å². The van der Waals surface area contributed by atoms with Crippen molar-refractivity contribution < 1.29 is 14.3 Å². The minimum Gasteiger partial charge on any atom is -0.497 e. The van der Waals surface area contributed by atoms with Crippen LogP contribution in [0.4, 0.5) is 0 Å². The topological polar surface area (TPSA) is 67.4 Å². The van der Waals surface area contributed by atoms with Crippen LogP contribution in [0.2, 0.25) is 0 Å². The van der Waals surface area contributed by atoms with Crippen molar-refractivity contribution in [3.05, 3.63) is 65.2 Å². The molecule has 0 aliphatic rings. The van der Waals surface area contributed by atoms with Gasteiger partial charge >= 0.3 is 0 Å². The zero-order valence-electron chi connectivity index (χ0n) is 13.3. The lowest BCUT2D eigenvalue weighted by molar-refractivity contribution is -0.121. The second-order valence-corrected chi connectivity index (χ2v) is 5.08. The first-order valence-electron chi connectivity index (χ1n) is 7.43. The van der Waals surface area contributed by atoms with Gasteiger partial charge in [0, 0.05) is 5.56 Å². The van der Waals surface area contributed by atoms with E-state index in [9.17, 15) is 9.59 Å². The zero-order valence-corrected chi connectivity index (χ0v) is 13.3. The molecule has 2 N–H and O–H groups in total. The van der Waals surface area contributed by atoms with Gasteiger partial charge < -0.3 is 4.74 Å². The summed E-state index contributed by atoms with van der Waals surface area (Å²) < 4.78 is 5.06. The smallest absolute Gasteiger partial charge is 0.269 e. The Labute approximate surface area is 135 Å². The summed E-state index contributed by atoms with van der Waals surface area (Å²) in [5.41, 5.74) is 7.33. The molecular weight excluding hydrogens is 292 g/mol. The summed E-state index contributed by atoms with van der Waals surface area (Å²) in [5.74, 6) is 0.113. The lowest BCUT2D eigenvalue weighted by Crippen LogP contribution is -2.42. The van der Waals surface area contributed by atoms with Crippen LogP contribution in [0.1, 0.15) is 28.4 Å². The molecular formula is C18H20N2O3. The van der Waals surface area contributed by atoms with Gasteiger partial charge in [-0.05, 0) is 41.8 Å². The van der Waals surface area contributed by atoms with Crippen molar-refractivity contribution in [3.63, 3.8) is 0 Å².